The molecule has 1 N–H and O–H groups in total. The Bertz CT molecular complexity index is 1090. The van der Waals surface area contributed by atoms with Crippen LogP contribution in [0, 0.1) is 5.92 Å². The van der Waals surface area contributed by atoms with Crippen LogP contribution in [0.25, 0.3) is 0 Å². The summed E-state index contributed by atoms with van der Waals surface area (Å²) in [5.74, 6) is -0.990. The molecular formula is C23H29F3N2O5S2. The van der Waals surface area contributed by atoms with Crippen LogP contribution in [0.4, 0.5) is 13.2 Å². The van der Waals surface area contributed by atoms with E-state index < -0.39 is 27.7 Å². The molecule has 0 amide bonds. The molecule has 0 aliphatic carbocycles. The molecule has 12 heteroatoms. The molecule has 1 aromatic heterocycles. The lowest BCUT2D eigenvalue weighted by Gasteiger charge is -2.20. The number of unbranched alkanes of at least 4 members (excludes halogenated alkanes) is 1. The largest absolute Gasteiger partial charge is 0.416 e. The molecule has 35 heavy (non-hydrogen) atoms. The van der Waals surface area contributed by atoms with Gasteiger partial charge in [-0.15, -0.1) is 16.4 Å². The number of hydrogen-bond acceptors (Lipinski definition) is 7. The number of rotatable bonds is 14. The van der Waals surface area contributed by atoms with Gasteiger partial charge in [0.2, 0.25) is 16.3 Å². The Morgan fingerprint density at radius 3 is 2.57 bits per heavy atom. The molecule has 194 valence electrons. The fourth-order valence-corrected chi connectivity index (χ4v) is 5.84. The predicted octanol–water partition coefficient (Wildman–Crippen LogP) is 4.92. The predicted molar refractivity (Wildman–Crippen MR) is 126 cm³/mol. The summed E-state index contributed by atoms with van der Waals surface area (Å²) in [5, 5.41) is 1.01. The Balaban J connectivity index is 2.13. The first-order chi connectivity index (χ1) is 16.5. The van der Waals surface area contributed by atoms with Gasteiger partial charge in [-0.25, -0.2) is 17.9 Å². The van der Waals surface area contributed by atoms with Gasteiger partial charge in [-0.1, -0.05) is 51.3 Å². The maximum absolute atomic E-state index is 13.0. The van der Waals surface area contributed by atoms with Crippen molar-refractivity contribution in [3.8, 4) is 0 Å². The Morgan fingerprint density at radius 2 is 1.94 bits per heavy atom. The topological polar surface area (TPSA) is 92.8 Å². The van der Waals surface area contributed by atoms with Gasteiger partial charge < -0.3 is 4.84 Å². The second-order valence-corrected chi connectivity index (χ2v) is 11.2. The number of aldehydes is 1. The normalized spacial score (nSPS) is 13.1. The summed E-state index contributed by atoms with van der Waals surface area (Å²) in [7, 11) is -3.75. The number of carbonyl (C=O) groups is 2. The molecule has 2 rings (SSSR count). The van der Waals surface area contributed by atoms with Gasteiger partial charge in [-0.3, -0.25) is 4.79 Å². The summed E-state index contributed by atoms with van der Waals surface area (Å²) in [6.45, 7) is 4.05. The van der Waals surface area contributed by atoms with Crippen molar-refractivity contribution < 1.29 is 36.0 Å². The van der Waals surface area contributed by atoms with Crippen LogP contribution in [0.5, 0.6) is 0 Å². The minimum absolute atomic E-state index is 0.0595. The zero-order valence-corrected chi connectivity index (χ0v) is 21.1. The summed E-state index contributed by atoms with van der Waals surface area (Å²) in [4.78, 5) is 27.7. The molecule has 0 aliphatic rings. The van der Waals surface area contributed by atoms with Crippen molar-refractivity contribution in [2.45, 2.75) is 63.0 Å². The standard InChI is InChI=1S/C23H29F3N2O5S2/c1-3-5-7-17(4-2)13-27-35(31,32)22-11-10-20(34-22)15-28(33-21(30)16-29)14-18-8-6-9-19(12-18)23(24,25)26/h6,8-12,16-17,27H,3-5,7,13-15H2,1-2H3. The molecular weight excluding hydrogens is 505 g/mol. The number of alkyl halides is 3. The lowest BCUT2D eigenvalue weighted by molar-refractivity contribution is -0.194. The highest BCUT2D eigenvalue weighted by molar-refractivity contribution is 7.91. The lowest BCUT2D eigenvalue weighted by atomic mass is 10.00. The maximum Gasteiger partial charge on any atom is 0.416 e. The van der Waals surface area contributed by atoms with Crippen LogP contribution in [-0.2, 0) is 43.7 Å². The van der Waals surface area contributed by atoms with E-state index in [1.165, 1.54) is 24.3 Å². The summed E-state index contributed by atoms with van der Waals surface area (Å²) in [5.41, 5.74) is -0.668. The summed E-state index contributed by atoms with van der Waals surface area (Å²) in [6.07, 6.45) is -0.774. The molecule has 2 aromatic rings. The fraction of sp³-hybridized carbons (Fsp3) is 0.478. The van der Waals surface area contributed by atoms with Crippen molar-refractivity contribution in [3.63, 3.8) is 0 Å². The highest BCUT2D eigenvalue weighted by Crippen LogP contribution is 2.30. The molecule has 0 saturated carbocycles. The van der Waals surface area contributed by atoms with Gasteiger partial charge >= 0.3 is 12.1 Å². The zero-order valence-electron chi connectivity index (χ0n) is 19.5. The first-order valence-corrected chi connectivity index (χ1v) is 13.4. The van der Waals surface area contributed by atoms with Crippen LogP contribution in [0.1, 0.15) is 55.5 Å². The molecule has 0 radical (unpaired) electrons. The molecule has 0 fully saturated rings. The molecule has 7 nitrogen and oxygen atoms in total. The Hall–Kier alpha value is -2.28. The molecule has 1 aromatic carbocycles. The average Bonchev–Trinajstić information content (AvgIpc) is 3.28. The maximum atomic E-state index is 13.0. The van der Waals surface area contributed by atoms with Crippen LogP contribution in [0.15, 0.2) is 40.6 Å². The van der Waals surface area contributed by atoms with E-state index in [0.717, 1.165) is 54.2 Å². The number of nitrogens with one attached hydrogen (secondary N) is 1. The smallest absolute Gasteiger partial charge is 0.361 e. The second-order valence-electron chi connectivity index (χ2n) is 8.01. The SMILES string of the molecule is CCCCC(CC)CNS(=O)(=O)c1ccc(CN(Cc2cccc(C(F)(F)F)c2)OC(=O)C=O)s1. The second kappa shape index (κ2) is 13.1. The van der Waals surface area contributed by atoms with E-state index in [0.29, 0.717) is 11.4 Å². The third kappa shape index (κ3) is 9.36. The quantitative estimate of drug-likeness (QED) is 0.210. The highest BCUT2D eigenvalue weighted by atomic mass is 32.2. The highest BCUT2D eigenvalue weighted by Gasteiger charge is 2.30. The third-order valence-electron chi connectivity index (χ3n) is 5.27. The van der Waals surface area contributed by atoms with E-state index in [-0.39, 0.29) is 35.1 Å². The Labute approximate surface area is 207 Å². The molecule has 0 saturated heterocycles. The number of halogens is 3. The van der Waals surface area contributed by atoms with Crippen molar-refractivity contribution in [1.82, 2.24) is 9.79 Å². The van der Waals surface area contributed by atoms with Gasteiger partial charge in [-0.05, 0) is 36.1 Å². The number of hydroxylamine groups is 2. The first kappa shape index (κ1) is 29.0. The first-order valence-electron chi connectivity index (χ1n) is 11.1. The van der Waals surface area contributed by atoms with E-state index >= 15 is 0 Å². The van der Waals surface area contributed by atoms with E-state index in [1.807, 2.05) is 6.92 Å². The van der Waals surface area contributed by atoms with Gasteiger partial charge in [0.05, 0.1) is 18.7 Å². The van der Waals surface area contributed by atoms with Gasteiger partial charge in [0.25, 0.3) is 0 Å². The minimum Gasteiger partial charge on any atom is -0.361 e. The van der Waals surface area contributed by atoms with Crippen molar-refractivity contribution >= 4 is 33.6 Å². The number of nitrogens with zero attached hydrogens (tertiary/aromatic N) is 1. The zero-order chi connectivity index (χ0) is 26.1. The van der Waals surface area contributed by atoms with Crippen molar-refractivity contribution in [1.29, 1.82) is 0 Å². The fourth-order valence-electron chi connectivity index (χ4n) is 3.32. The van der Waals surface area contributed by atoms with Gasteiger partial charge in [0.15, 0.2) is 0 Å². The van der Waals surface area contributed by atoms with Crippen molar-refractivity contribution in [3.05, 3.63) is 52.4 Å². The Kier molecular flexibility index (Phi) is 10.9. The van der Waals surface area contributed by atoms with Crippen molar-refractivity contribution in [2.24, 2.45) is 5.92 Å². The summed E-state index contributed by atoms with van der Waals surface area (Å²) >= 11 is 0.946. The van der Waals surface area contributed by atoms with Gasteiger partial charge in [0.1, 0.15) is 4.21 Å². The minimum atomic E-state index is -4.54. The van der Waals surface area contributed by atoms with Gasteiger partial charge in [0, 0.05) is 11.4 Å². The van der Waals surface area contributed by atoms with E-state index in [1.54, 1.807) is 0 Å². The molecule has 1 atom stereocenters. The number of thiophene rings is 1. The van der Waals surface area contributed by atoms with E-state index in [9.17, 15) is 31.2 Å². The molecule has 1 heterocycles. The van der Waals surface area contributed by atoms with Crippen LogP contribution in [-0.4, -0.2) is 32.3 Å². The monoisotopic (exact) mass is 534 g/mol. The van der Waals surface area contributed by atoms with Crippen LogP contribution in [0.2, 0.25) is 0 Å². The average molecular weight is 535 g/mol. The molecule has 0 aliphatic heterocycles. The van der Waals surface area contributed by atoms with Crippen LogP contribution < -0.4 is 4.72 Å². The summed E-state index contributed by atoms with van der Waals surface area (Å²) in [6, 6.07) is 7.43. The van der Waals surface area contributed by atoms with Crippen molar-refractivity contribution in [2.75, 3.05) is 6.54 Å². The number of sulfonamides is 1. The van der Waals surface area contributed by atoms with Crippen LogP contribution in [0.3, 0.4) is 0 Å². The van der Waals surface area contributed by atoms with E-state index in [4.69, 9.17) is 4.84 Å². The number of benzene rings is 1. The third-order valence-corrected chi connectivity index (χ3v) is 8.25. The molecule has 0 spiro atoms. The summed E-state index contributed by atoms with van der Waals surface area (Å²) < 4.78 is 67.2. The number of hydrogen-bond donors (Lipinski definition) is 1. The molecule has 1 unspecified atom stereocenters. The Morgan fingerprint density at radius 1 is 1.20 bits per heavy atom. The van der Waals surface area contributed by atoms with E-state index in [2.05, 4.69) is 11.6 Å². The van der Waals surface area contributed by atoms with Crippen LogP contribution >= 0.6 is 11.3 Å². The van der Waals surface area contributed by atoms with Gasteiger partial charge in [-0.2, -0.15) is 13.2 Å². The molecule has 0 bridgehead atoms. The number of carbonyl (C=O) groups excluding carboxylic acids is 2. The lowest BCUT2D eigenvalue weighted by Crippen LogP contribution is -2.28.